The van der Waals surface area contributed by atoms with Crippen molar-refractivity contribution in [3.05, 3.63) is 17.5 Å². The number of aryl methyl sites for hydroxylation is 1. The minimum Gasteiger partial charge on any atom is -0.280 e. The Bertz CT molecular complexity index is 263. The molecule has 0 saturated heterocycles. The molecule has 0 aliphatic carbocycles. The molecule has 0 N–H and O–H groups in total. The molecule has 0 aromatic carbocycles. The molecule has 0 unspecified atom stereocenters. The highest BCUT2D eigenvalue weighted by Crippen LogP contribution is 2.04. The van der Waals surface area contributed by atoms with E-state index in [9.17, 15) is 4.79 Å². The molecule has 4 nitrogen and oxygen atoms in total. The number of aromatic nitrogens is 3. The van der Waals surface area contributed by atoms with Gasteiger partial charge in [0.2, 0.25) is 3.79 Å². The highest BCUT2D eigenvalue weighted by molar-refractivity contribution is 14.1. The second-order valence-electron chi connectivity index (χ2n) is 1.74. The van der Waals surface area contributed by atoms with E-state index < -0.39 is 0 Å². The van der Waals surface area contributed by atoms with Gasteiger partial charge in [0.05, 0.1) is 6.20 Å². The summed E-state index contributed by atoms with van der Waals surface area (Å²) in [6, 6.07) is 0. The molecule has 10 heavy (non-hydrogen) atoms. The van der Waals surface area contributed by atoms with Crippen molar-refractivity contribution in [1.82, 2.24) is 15.4 Å². The maximum absolute atomic E-state index is 10.7. The molecule has 0 bridgehead atoms. The average Bonchev–Trinajstić information content (AvgIpc) is 1.88. The molecule has 1 aromatic heterocycles. The van der Waals surface area contributed by atoms with Crippen molar-refractivity contribution in [3.8, 4) is 0 Å². The van der Waals surface area contributed by atoms with Crippen LogP contribution >= 0.6 is 22.6 Å². The van der Waals surface area contributed by atoms with Crippen molar-refractivity contribution in [2.45, 2.75) is 6.92 Å². The van der Waals surface area contributed by atoms with E-state index >= 15 is 0 Å². The van der Waals surface area contributed by atoms with Crippen molar-refractivity contribution >= 4 is 26.4 Å². The van der Waals surface area contributed by atoms with Crippen LogP contribution in [0.5, 0.6) is 0 Å². The van der Waals surface area contributed by atoms with Gasteiger partial charge in [0.25, 0.3) is 0 Å². The summed E-state index contributed by atoms with van der Waals surface area (Å²) >= 11 is 1.66. The summed E-state index contributed by atoms with van der Waals surface area (Å²) in [6.07, 6.45) is 1.51. The van der Waals surface area contributed by atoms with Gasteiger partial charge in [-0.15, -0.1) is 10.2 Å². The molecular formula is C5H4IN3O. The molecule has 1 heterocycles. The normalized spacial score (nSPS) is 9.40. The Kier molecular flexibility index (Phi) is 2.25. The lowest BCUT2D eigenvalue weighted by molar-refractivity contribution is 0.110. The molecule has 0 fully saturated rings. The lowest BCUT2D eigenvalue weighted by atomic mass is 10.3. The Hall–Kier alpha value is -0.590. The Balaban J connectivity index is 3.15. The monoisotopic (exact) mass is 249 g/mol. The Morgan fingerprint density at radius 1 is 1.70 bits per heavy atom. The number of rotatable bonds is 1. The predicted octanol–water partition coefficient (Wildman–Crippen LogP) is 0.755. The molecule has 0 radical (unpaired) electrons. The largest absolute Gasteiger partial charge is 0.280 e. The molecule has 52 valence electrons. The first kappa shape index (κ1) is 7.52. The number of hydrogen-bond acceptors (Lipinski definition) is 4. The van der Waals surface area contributed by atoms with Gasteiger partial charge < -0.3 is 0 Å². The van der Waals surface area contributed by atoms with Crippen LogP contribution in [0, 0.1) is 6.92 Å². The summed E-state index contributed by atoms with van der Waals surface area (Å²) in [4.78, 5) is 10.7. The topological polar surface area (TPSA) is 55.7 Å². The van der Waals surface area contributed by atoms with Crippen LogP contribution < -0.4 is 0 Å². The number of hydrogen-bond donors (Lipinski definition) is 0. The fourth-order valence-corrected chi connectivity index (χ4v) is 1.05. The minimum absolute atomic E-state index is 0.106. The van der Waals surface area contributed by atoms with Crippen LogP contribution in [0.3, 0.4) is 0 Å². The van der Waals surface area contributed by atoms with E-state index in [1.165, 1.54) is 6.20 Å². The van der Waals surface area contributed by atoms with Gasteiger partial charge in [-0.1, -0.05) is 0 Å². The lowest BCUT2D eigenvalue weighted by Gasteiger charge is -1.92. The zero-order chi connectivity index (χ0) is 7.56. The van der Waals surface area contributed by atoms with E-state index in [0.717, 1.165) is 5.56 Å². The fraction of sp³-hybridized carbons (Fsp3) is 0.200. The quantitative estimate of drug-likeness (QED) is 0.544. The van der Waals surface area contributed by atoms with Gasteiger partial charge in [-0.3, -0.25) is 4.79 Å². The Morgan fingerprint density at radius 3 is 2.80 bits per heavy atom. The standard InChI is InChI=1S/C5H4IN3O/c1-3-2-7-9-8-4(3)5(6)10/h2H,1H3. The van der Waals surface area contributed by atoms with Crippen LogP contribution in [0.25, 0.3) is 0 Å². The molecule has 0 atom stereocenters. The van der Waals surface area contributed by atoms with Gasteiger partial charge >= 0.3 is 0 Å². The summed E-state index contributed by atoms with van der Waals surface area (Å²) in [5.74, 6) is 0. The van der Waals surface area contributed by atoms with E-state index in [1.54, 1.807) is 29.5 Å². The number of halogens is 1. The molecule has 0 amide bonds. The van der Waals surface area contributed by atoms with Crippen LogP contribution in [0.2, 0.25) is 0 Å². The zero-order valence-electron chi connectivity index (χ0n) is 5.21. The number of carbonyl (C=O) groups excluding carboxylic acids is 1. The van der Waals surface area contributed by atoms with Crippen LogP contribution in [0.1, 0.15) is 16.1 Å². The van der Waals surface area contributed by atoms with E-state index in [2.05, 4.69) is 15.4 Å². The average molecular weight is 249 g/mol. The molecule has 0 spiro atoms. The van der Waals surface area contributed by atoms with Crippen LogP contribution in [0.4, 0.5) is 0 Å². The molecule has 5 heteroatoms. The molecule has 0 saturated carbocycles. The van der Waals surface area contributed by atoms with Crippen molar-refractivity contribution < 1.29 is 4.79 Å². The summed E-state index contributed by atoms with van der Waals surface area (Å²) in [6.45, 7) is 1.77. The summed E-state index contributed by atoms with van der Waals surface area (Å²) in [5.41, 5.74) is 1.14. The molecule has 1 rings (SSSR count). The maximum Gasteiger partial charge on any atom is 0.242 e. The highest BCUT2D eigenvalue weighted by Gasteiger charge is 2.05. The lowest BCUT2D eigenvalue weighted by Crippen LogP contribution is -2.00. The van der Waals surface area contributed by atoms with Gasteiger partial charge in [-0.05, 0) is 12.1 Å². The zero-order valence-corrected chi connectivity index (χ0v) is 7.36. The van der Waals surface area contributed by atoms with Crippen molar-refractivity contribution in [2.75, 3.05) is 0 Å². The second kappa shape index (κ2) is 3.00. The molecule has 0 aliphatic heterocycles. The Morgan fingerprint density at radius 2 is 2.40 bits per heavy atom. The predicted molar refractivity (Wildman–Crippen MR) is 42.9 cm³/mol. The van der Waals surface area contributed by atoms with E-state index in [1.807, 2.05) is 0 Å². The van der Waals surface area contributed by atoms with Crippen molar-refractivity contribution in [1.29, 1.82) is 0 Å². The van der Waals surface area contributed by atoms with E-state index in [4.69, 9.17) is 0 Å². The van der Waals surface area contributed by atoms with Crippen molar-refractivity contribution in [3.63, 3.8) is 0 Å². The maximum atomic E-state index is 10.7. The smallest absolute Gasteiger partial charge is 0.242 e. The Labute approximate surface area is 71.2 Å². The third kappa shape index (κ3) is 1.47. The molecule has 1 aromatic rings. The van der Waals surface area contributed by atoms with Gasteiger partial charge in [0, 0.05) is 28.2 Å². The summed E-state index contributed by atoms with van der Waals surface area (Å²) < 4.78 is -0.106. The second-order valence-corrected chi connectivity index (χ2v) is 2.72. The summed E-state index contributed by atoms with van der Waals surface area (Å²) in [5, 5.41) is 10.4. The third-order valence-electron chi connectivity index (χ3n) is 1.01. The van der Waals surface area contributed by atoms with Crippen LogP contribution in [0.15, 0.2) is 6.20 Å². The first-order chi connectivity index (χ1) is 4.72. The van der Waals surface area contributed by atoms with Crippen LogP contribution in [-0.2, 0) is 0 Å². The van der Waals surface area contributed by atoms with Gasteiger partial charge in [0.1, 0.15) is 5.69 Å². The van der Waals surface area contributed by atoms with E-state index in [-0.39, 0.29) is 3.79 Å². The number of nitrogens with zero attached hydrogens (tertiary/aromatic N) is 3. The van der Waals surface area contributed by atoms with Gasteiger partial charge in [0.15, 0.2) is 0 Å². The van der Waals surface area contributed by atoms with Crippen LogP contribution in [-0.4, -0.2) is 19.2 Å². The summed E-state index contributed by atoms with van der Waals surface area (Å²) in [7, 11) is 0. The minimum atomic E-state index is -0.106. The first-order valence-corrected chi connectivity index (χ1v) is 3.64. The highest BCUT2D eigenvalue weighted by atomic mass is 127. The van der Waals surface area contributed by atoms with Gasteiger partial charge in [-0.25, -0.2) is 0 Å². The molecular weight excluding hydrogens is 245 g/mol. The first-order valence-electron chi connectivity index (χ1n) is 2.56. The number of carbonyl (C=O) groups is 1. The SMILES string of the molecule is Cc1cnnnc1C(=O)I. The van der Waals surface area contributed by atoms with Crippen molar-refractivity contribution in [2.24, 2.45) is 0 Å². The molecule has 0 aliphatic rings. The van der Waals surface area contributed by atoms with Gasteiger partial charge in [-0.2, -0.15) is 0 Å². The van der Waals surface area contributed by atoms with E-state index in [0.29, 0.717) is 5.69 Å². The third-order valence-corrected chi connectivity index (χ3v) is 1.52. The fourth-order valence-electron chi connectivity index (χ4n) is 0.517.